The lowest BCUT2D eigenvalue weighted by atomic mass is 10.1. The van der Waals surface area contributed by atoms with Gasteiger partial charge in [0, 0.05) is 31.3 Å². The Morgan fingerprint density at radius 3 is 3.06 bits per heavy atom. The highest BCUT2D eigenvalue weighted by atomic mass is 16.5. The second kappa shape index (κ2) is 4.94. The van der Waals surface area contributed by atoms with Gasteiger partial charge in [-0.25, -0.2) is 9.78 Å². The van der Waals surface area contributed by atoms with Gasteiger partial charge in [-0.05, 0) is 6.07 Å². The number of pyridine rings is 1. The number of carbonyl (C=O) groups excluding carboxylic acids is 1. The molecule has 16 heavy (non-hydrogen) atoms. The van der Waals surface area contributed by atoms with E-state index < -0.39 is 0 Å². The molecule has 0 unspecified atom stereocenters. The number of carbonyl (C=O) groups is 1. The standard InChI is InChI=1S/C11H14N2O3/c1-15-11(14)9-2-3-13-10(4-9)16-7-8-5-12-6-8/h2-4,8,12H,5-7H2,1H3. The Balaban J connectivity index is 1.95. The van der Waals surface area contributed by atoms with Crippen LogP contribution in [-0.2, 0) is 4.74 Å². The molecule has 1 aliphatic rings. The third kappa shape index (κ3) is 2.49. The third-order valence-corrected chi connectivity index (χ3v) is 2.49. The molecule has 1 N–H and O–H groups in total. The summed E-state index contributed by atoms with van der Waals surface area (Å²) in [6, 6.07) is 3.20. The predicted molar refractivity (Wildman–Crippen MR) is 57.4 cm³/mol. The first-order valence-corrected chi connectivity index (χ1v) is 5.17. The Kier molecular flexibility index (Phi) is 3.36. The second-order valence-electron chi connectivity index (χ2n) is 3.71. The molecular formula is C11H14N2O3. The van der Waals surface area contributed by atoms with E-state index in [1.54, 1.807) is 18.3 Å². The fraction of sp³-hybridized carbons (Fsp3) is 0.455. The lowest BCUT2D eigenvalue weighted by molar-refractivity contribution is 0.0600. The van der Waals surface area contributed by atoms with Crippen LogP contribution in [0, 0.1) is 5.92 Å². The smallest absolute Gasteiger partial charge is 0.338 e. The first kappa shape index (κ1) is 10.9. The fourth-order valence-corrected chi connectivity index (χ4v) is 1.40. The number of ether oxygens (including phenoxy) is 2. The number of aromatic nitrogens is 1. The van der Waals surface area contributed by atoms with Crippen LogP contribution >= 0.6 is 0 Å². The molecule has 0 amide bonds. The van der Waals surface area contributed by atoms with Crippen LogP contribution in [0.5, 0.6) is 5.88 Å². The van der Waals surface area contributed by atoms with Gasteiger partial charge in [0.2, 0.25) is 5.88 Å². The SMILES string of the molecule is COC(=O)c1ccnc(OCC2CNC2)c1. The van der Waals surface area contributed by atoms with Gasteiger partial charge < -0.3 is 14.8 Å². The topological polar surface area (TPSA) is 60.5 Å². The Bertz CT molecular complexity index is 377. The predicted octanol–water partition coefficient (Wildman–Crippen LogP) is 0.466. The molecule has 1 fully saturated rings. The molecule has 0 bridgehead atoms. The zero-order valence-electron chi connectivity index (χ0n) is 9.10. The van der Waals surface area contributed by atoms with Crippen LogP contribution in [0.2, 0.25) is 0 Å². The Morgan fingerprint density at radius 2 is 2.44 bits per heavy atom. The van der Waals surface area contributed by atoms with E-state index in [2.05, 4.69) is 15.0 Å². The molecule has 5 heteroatoms. The number of esters is 1. The van der Waals surface area contributed by atoms with Crippen molar-refractivity contribution in [3.63, 3.8) is 0 Å². The van der Waals surface area contributed by atoms with Crippen molar-refractivity contribution in [1.82, 2.24) is 10.3 Å². The van der Waals surface area contributed by atoms with E-state index in [0.29, 0.717) is 24.0 Å². The van der Waals surface area contributed by atoms with Gasteiger partial charge in [-0.3, -0.25) is 0 Å². The highest BCUT2D eigenvalue weighted by molar-refractivity contribution is 5.89. The maximum atomic E-state index is 11.3. The van der Waals surface area contributed by atoms with Crippen molar-refractivity contribution in [2.24, 2.45) is 5.92 Å². The molecule has 1 aromatic heterocycles. The van der Waals surface area contributed by atoms with Gasteiger partial charge in [0.25, 0.3) is 0 Å². The van der Waals surface area contributed by atoms with Crippen molar-refractivity contribution in [3.8, 4) is 5.88 Å². The van der Waals surface area contributed by atoms with Crippen LogP contribution in [0.25, 0.3) is 0 Å². The highest BCUT2D eigenvalue weighted by Gasteiger charge is 2.17. The minimum atomic E-state index is -0.377. The Labute approximate surface area is 93.8 Å². The lowest BCUT2D eigenvalue weighted by Crippen LogP contribution is -2.45. The summed E-state index contributed by atoms with van der Waals surface area (Å²) in [5.41, 5.74) is 0.458. The van der Waals surface area contributed by atoms with E-state index in [0.717, 1.165) is 13.1 Å². The van der Waals surface area contributed by atoms with E-state index in [1.165, 1.54) is 7.11 Å². The van der Waals surface area contributed by atoms with E-state index in [4.69, 9.17) is 4.74 Å². The van der Waals surface area contributed by atoms with Gasteiger partial charge >= 0.3 is 5.97 Å². The number of nitrogens with one attached hydrogen (secondary N) is 1. The maximum absolute atomic E-state index is 11.3. The summed E-state index contributed by atoms with van der Waals surface area (Å²) in [4.78, 5) is 15.3. The summed E-state index contributed by atoms with van der Waals surface area (Å²) in [6.07, 6.45) is 1.54. The fourth-order valence-electron chi connectivity index (χ4n) is 1.40. The zero-order valence-corrected chi connectivity index (χ0v) is 9.10. The number of methoxy groups -OCH3 is 1. The van der Waals surface area contributed by atoms with Crippen molar-refractivity contribution < 1.29 is 14.3 Å². The molecule has 0 spiro atoms. The maximum Gasteiger partial charge on any atom is 0.338 e. The number of nitrogens with zero attached hydrogens (tertiary/aromatic N) is 1. The normalized spacial score (nSPS) is 15.3. The molecule has 1 aliphatic heterocycles. The largest absolute Gasteiger partial charge is 0.477 e. The van der Waals surface area contributed by atoms with Crippen LogP contribution in [0.15, 0.2) is 18.3 Å². The molecule has 1 saturated heterocycles. The first-order valence-electron chi connectivity index (χ1n) is 5.17. The highest BCUT2D eigenvalue weighted by Crippen LogP contribution is 2.12. The van der Waals surface area contributed by atoms with Crippen molar-refractivity contribution in [2.75, 3.05) is 26.8 Å². The van der Waals surface area contributed by atoms with Gasteiger partial charge in [0.05, 0.1) is 19.3 Å². The molecular weight excluding hydrogens is 208 g/mol. The minimum absolute atomic E-state index is 0.377. The molecule has 0 aromatic carbocycles. The summed E-state index contributed by atoms with van der Waals surface area (Å²) in [7, 11) is 1.35. The van der Waals surface area contributed by atoms with Crippen LogP contribution in [0.1, 0.15) is 10.4 Å². The summed E-state index contributed by atoms with van der Waals surface area (Å²) in [5.74, 6) is 0.635. The van der Waals surface area contributed by atoms with Crippen LogP contribution in [-0.4, -0.2) is 37.8 Å². The van der Waals surface area contributed by atoms with Crippen LogP contribution in [0.4, 0.5) is 0 Å². The first-order chi connectivity index (χ1) is 7.79. The molecule has 0 atom stereocenters. The van der Waals surface area contributed by atoms with Crippen molar-refractivity contribution in [1.29, 1.82) is 0 Å². The zero-order chi connectivity index (χ0) is 11.4. The van der Waals surface area contributed by atoms with Crippen molar-refractivity contribution in [3.05, 3.63) is 23.9 Å². The van der Waals surface area contributed by atoms with Gasteiger partial charge in [0.1, 0.15) is 0 Å². The average Bonchev–Trinajstić information content (AvgIpc) is 2.26. The van der Waals surface area contributed by atoms with E-state index >= 15 is 0 Å². The molecule has 2 rings (SSSR count). The third-order valence-electron chi connectivity index (χ3n) is 2.49. The molecule has 0 aliphatic carbocycles. The van der Waals surface area contributed by atoms with Gasteiger partial charge in [0.15, 0.2) is 0 Å². The molecule has 2 heterocycles. The van der Waals surface area contributed by atoms with E-state index in [1.807, 2.05) is 0 Å². The summed E-state index contributed by atoms with van der Waals surface area (Å²) in [5, 5.41) is 3.16. The molecule has 0 saturated carbocycles. The number of hydrogen-bond acceptors (Lipinski definition) is 5. The average molecular weight is 222 g/mol. The van der Waals surface area contributed by atoms with Crippen LogP contribution in [0.3, 0.4) is 0 Å². The second-order valence-corrected chi connectivity index (χ2v) is 3.71. The summed E-state index contributed by atoms with van der Waals surface area (Å²) >= 11 is 0. The van der Waals surface area contributed by atoms with Gasteiger partial charge in [-0.15, -0.1) is 0 Å². The molecule has 5 nitrogen and oxygen atoms in total. The van der Waals surface area contributed by atoms with E-state index in [-0.39, 0.29) is 5.97 Å². The lowest BCUT2D eigenvalue weighted by Gasteiger charge is -2.26. The van der Waals surface area contributed by atoms with Crippen molar-refractivity contribution in [2.45, 2.75) is 0 Å². The quantitative estimate of drug-likeness (QED) is 0.750. The summed E-state index contributed by atoms with van der Waals surface area (Å²) in [6.45, 7) is 2.60. The number of hydrogen-bond donors (Lipinski definition) is 1. The van der Waals surface area contributed by atoms with Gasteiger partial charge in [-0.2, -0.15) is 0 Å². The Hall–Kier alpha value is -1.62. The van der Waals surface area contributed by atoms with Crippen molar-refractivity contribution >= 4 is 5.97 Å². The molecule has 86 valence electrons. The van der Waals surface area contributed by atoms with Gasteiger partial charge in [-0.1, -0.05) is 0 Å². The monoisotopic (exact) mass is 222 g/mol. The molecule has 0 radical (unpaired) electrons. The Morgan fingerprint density at radius 1 is 1.62 bits per heavy atom. The number of rotatable bonds is 4. The van der Waals surface area contributed by atoms with Crippen LogP contribution < -0.4 is 10.1 Å². The minimum Gasteiger partial charge on any atom is -0.477 e. The summed E-state index contributed by atoms with van der Waals surface area (Å²) < 4.78 is 10.1. The molecule has 1 aromatic rings. The van der Waals surface area contributed by atoms with E-state index in [9.17, 15) is 4.79 Å².